The summed E-state index contributed by atoms with van der Waals surface area (Å²) in [7, 11) is 0. The molecule has 0 atom stereocenters. The van der Waals surface area contributed by atoms with Gasteiger partial charge in [0.2, 0.25) is 0 Å². The van der Waals surface area contributed by atoms with Crippen molar-refractivity contribution in [3.05, 3.63) is 12.1 Å². The second-order valence-corrected chi connectivity index (χ2v) is 4.88. The minimum absolute atomic E-state index is 0.454. The lowest BCUT2D eigenvalue weighted by molar-refractivity contribution is 0.304. The zero-order chi connectivity index (χ0) is 12.1. The number of nitrogen functional groups attached to an aromatic ring is 1. The van der Waals surface area contributed by atoms with Gasteiger partial charge in [0.25, 0.3) is 0 Å². The van der Waals surface area contributed by atoms with Crippen molar-refractivity contribution in [1.29, 1.82) is 0 Å². The van der Waals surface area contributed by atoms with Gasteiger partial charge in [0.1, 0.15) is 11.6 Å². The summed E-state index contributed by atoms with van der Waals surface area (Å²) in [5.74, 6) is 3.21. The lowest BCUT2D eigenvalue weighted by atomic mass is 9.85. The summed E-state index contributed by atoms with van der Waals surface area (Å²) < 4.78 is 0. The highest BCUT2D eigenvalue weighted by Gasteiger charge is 2.17. The Bertz CT molecular complexity index is 297. The first-order chi connectivity index (χ1) is 7.50. The van der Waals surface area contributed by atoms with E-state index in [1.54, 1.807) is 6.07 Å². The third-order valence-electron chi connectivity index (χ3n) is 2.92. The minimum Gasteiger partial charge on any atom is -0.382 e. The van der Waals surface area contributed by atoms with E-state index in [9.17, 15) is 0 Å². The maximum Gasteiger partial charge on any atom is 0.148 e. The molecule has 0 aliphatic heterocycles. The molecular formula is C12H22N4. The number of aromatic nitrogens is 2. The summed E-state index contributed by atoms with van der Waals surface area (Å²) in [5.41, 5.74) is 5.48. The Balaban J connectivity index is 2.52. The number of nitrogens with one attached hydrogen (secondary N) is 1. The van der Waals surface area contributed by atoms with E-state index in [1.165, 1.54) is 0 Å². The van der Waals surface area contributed by atoms with Crippen LogP contribution in [0.2, 0.25) is 0 Å². The molecule has 0 aliphatic carbocycles. The number of nitrogens with two attached hydrogens (primary N) is 1. The molecule has 0 aromatic carbocycles. The second-order valence-electron chi connectivity index (χ2n) is 4.88. The molecule has 1 aromatic heterocycles. The summed E-state index contributed by atoms with van der Waals surface area (Å²) >= 11 is 0. The van der Waals surface area contributed by atoms with Gasteiger partial charge in [-0.2, -0.15) is 0 Å². The van der Waals surface area contributed by atoms with Crippen LogP contribution >= 0.6 is 0 Å². The van der Waals surface area contributed by atoms with Gasteiger partial charge in [0.05, 0.1) is 0 Å². The van der Waals surface area contributed by atoms with Crippen LogP contribution in [0.5, 0.6) is 0 Å². The molecule has 0 saturated heterocycles. The fraction of sp³-hybridized carbons (Fsp3) is 0.667. The fourth-order valence-electron chi connectivity index (χ4n) is 1.90. The van der Waals surface area contributed by atoms with Crippen LogP contribution in [0.4, 0.5) is 11.6 Å². The molecule has 0 saturated carbocycles. The molecule has 1 aromatic rings. The Kier molecular flexibility index (Phi) is 4.52. The SMILES string of the molecule is CC(C)C(CNc1ccc(N)nn1)C(C)C. The van der Waals surface area contributed by atoms with Crippen molar-refractivity contribution >= 4 is 11.6 Å². The van der Waals surface area contributed by atoms with Gasteiger partial charge in [-0.05, 0) is 29.9 Å². The van der Waals surface area contributed by atoms with Gasteiger partial charge < -0.3 is 11.1 Å². The van der Waals surface area contributed by atoms with Crippen molar-refractivity contribution in [1.82, 2.24) is 10.2 Å². The van der Waals surface area contributed by atoms with Gasteiger partial charge in [0, 0.05) is 6.54 Å². The number of hydrogen-bond donors (Lipinski definition) is 2. The van der Waals surface area contributed by atoms with E-state index in [-0.39, 0.29) is 0 Å². The van der Waals surface area contributed by atoms with E-state index >= 15 is 0 Å². The van der Waals surface area contributed by atoms with E-state index in [2.05, 4.69) is 43.2 Å². The minimum atomic E-state index is 0.454. The highest BCUT2D eigenvalue weighted by molar-refractivity contribution is 5.38. The highest BCUT2D eigenvalue weighted by Crippen LogP contribution is 2.20. The third-order valence-corrected chi connectivity index (χ3v) is 2.92. The van der Waals surface area contributed by atoms with E-state index < -0.39 is 0 Å². The van der Waals surface area contributed by atoms with Crippen LogP contribution in [0.3, 0.4) is 0 Å². The first-order valence-electron chi connectivity index (χ1n) is 5.83. The van der Waals surface area contributed by atoms with Crippen LogP contribution in [-0.4, -0.2) is 16.7 Å². The van der Waals surface area contributed by atoms with Crippen LogP contribution in [0.15, 0.2) is 12.1 Å². The van der Waals surface area contributed by atoms with Crippen molar-refractivity contribution in [2.24, 2.45) is 17.8 Å². The predicted molar refractivity (Wildman–Crippen MR) is 68.1 cm³/mol. The van der Waals surface area contributed by atoms with Gasteiger partial charge >= 0.3 is 0 Å². The van der Waals surface area contributed by atoms with E-state index in [4.69, 9.17) is 5.73 Å². The fourth-order valence-corrected chi connectivity index (χ4v) is 1.90. The van der Waals surface area contributed by atoms with E-state index in [0.717, 1.165) is 12.4 Å². The van der Waals surface area contributed by atoms with E-state index in [1.807, 2.05) is 6.07 Å². The van der Waals surface area contributed by atoms with Crippen molar-refractivity contribution in [3.8, 4) is 0 Å². The third kappa shape index (κ3) is 3.68. The summed E-state index contributed by atoms with van der Waals surface area (Å²) in [5, 5.41) is 11.1. The normalized spacial score (nSPS) is 11.4. The molecule has 0 amide bonds. The smallest absolute Gasteiger partial charge is 0.148 e. The summed E-state index contributed by atoms with van der Waals surface area (Å²) in [6, 6.07) is 3.62. The topological polar surface area (TPSA) is 63.8 Å². The van der Waals surface area contributed by atoms with Crippen LogP contribution in [0, 0.1) is 17.8 Å². The van der Waals surface area contributed by atoms with Crippen LogP contribution in [0.1, 0.15) is 27.7 Å². The lowest BCUT2D eigenvalue weighted by Gasteiger charge is -2.25. The number of rotatable bonds is 5. The van der Waals surface area contributed by atoms with Crippen molar-refractivity contribution in [2.75, 3.05) is 17.6 Å². The highest BCUT2D eigenvalue weighted by atomic mass is 15.2. The van der Waals surface area contributed by atoms with Gasteiger partial charge in [-0.25, -0.2) is 0 Å². The molecule has 0 fully saturated rings. The van der Waals surface area contributed by atoms with E-state index in [0.29, 0.717) is 23.6 Å². The van der Waals surface area contributed by atoms with Crippen molar-refractivity contribution in [3.63, 3.8) is 0 Å². The Hall–Kier alpha value is -1.32. The number of anilines is 2. The molecular weight excluding hydrogens is 200 g/mol. The first kappa shape index (κ1) is 12.7. The lowest BCUT2D eigenvalue weighted by Crippen LogP contribution is -2.24. The number of nitrogens with zero attached hydrogens (tertiary/aromatic N) is 2. The monoisotopic (exact) mass is 222 g/mol. The average molecular weight is 222 g/mol. The zero-order valence-electron chi connectivity index (χ0n) is 10.6. The summed E-state index contributed by atoms with van der Waals surface area (Å²) in [4.78, 5) is 0. The Morgan fingerprint density at radius 3 is 2.19 bits per heavy atom. The molecule has 90 valence electrons. The molecule has 0 aliphatic rings. The maximum atomic E-state index is 5.48. The van der Waals surface area contributed by atoms with Crippen LogP contribution in [-0.2, 0) is 0 Å². The Morgan fingerprint density at radius 1 is 1.12 bits per heavy atom. The predicted octanol–water partition coefficient (Wildman–Crippen LogP) is 2.40. The Morgan fingerprint density at radius 2 is 1.75 bits per heavy atom. The molecule has 3 N–H and O–H groups in total. The first-order valence-corrected chi connectivity index (χ1v) is 5.83. The molecule has 1 heterocycles. The van der Waals surface area contributed by atoms with Gasteiger partial charge in [-0.1, -0.05) is 27.7 Å². The van der Waals surface area contributed by atoms with Crippen LogP contribution < -0.4 is 11.1 Å². The van der Waals surface area contributed by atoms with Crippen molar-refractivity contribution < 1.29 is 0 Å². The maximum absolute atomic E-state index is 5.48. The van der Waals surface area contributed by atoms with Gasteiger partial charge in [0.15, 0.2) is 0 Å². The number of hydrogen-bond acceptors (Lipinski definition) is 4. The standard InChI is InChI=1S/C12H22N4/c1-8(2)10(9(3)4)7-14-12-6-5-11(13)15-16-12/h5-6,8-10H,7H2,1-4H3,(H2,13,15)(H,14,16). The largest absolute Gasteiger partial charge is 0.382 e. The average Bonchev–Trinajstić information content (AvgIpc) is 2.20. The van der Waals surface area contributed by atoms with Crippen molar-refractivity contribution in [2.45, 2.75) is 27.7 Å². The molecule has 0 unspecified atom stereocenters. The molecule has 4 nitrogen and oxygen atoms in total. The van der Waals surface area contributed by atoms with Gasteiger partial charge in [-0.3, -0.25) is 0 Å². The molecule has 4 heteroatoms. The summed E-state index contributed by atoms with van der Waals surface area (Å²) in [6.07, 6.45) is 0. The molecule has 0 bridgehead atoms. The molecule has 1 rings (SSSR count). The zero-order valence-corrected chi connectivity index (χ0v) is 10.6. The summed E-state index contributed by atoms with van der Waals surface area (Å²) in [6.45, 7) is 9.93. The van der Waals surface area contributed by atoms with Gasteiger partial charge in [-0.15, -0.1) is 10.2 Å². The molecule has 16 heavy (non-hydrogen) atoms. The molecule has 0 radical (unpaired) electrons. The second kappa shape index (κ2) is 5.68. The Labute approximate surface area is 97.6 Å². The quantitative estimate of drug-likeness (QED) is 0.803. The van der Waals surface area contributed by atoms with Crippen LogP contribution in [0.25, 0.3) is 0 Å². The molecule has 0 spiro atoms.